The molecule has 1 aliphatic rings. The molecule has 1 aliphatic heterocycles. The molecule has 0 radical (unpaired) electrons. The molecule has 2 heterocycles. The van der Waals surface area contributed by atoms with Gasteiger partial charge in [-0.2, -0.15) is 4.98 Å². The van der Waals surface area contributed by atoms with Crippen LogP contribution in [0.2, 0.25) is 5.02 Å². The molecule has 0 spiro atoms. The van der Waals surface area contributed by atoms with Gasteiger partial charge in [0.05, 0.1) is 5.52 Å². The second-order valence-electron chi connectivity index (χ2n) is 3.84. The summed E-state index contributed by atoms with van der Waals surface area (Å²) >= 11 is 5.88. The molecule has 3 rings (SSSR count). The van der Waals surface area contributed by atoms with Crippen molar-refractivity contribution < 1.29 is 0 Å². The molecule has 0 unspecified atom stereocenters. The predicted molar refractivity (Wildman–Crippen MR) is 64.1 cm³/mol. The van der Waals surface area contributed by atoms with E-state index in [0.29, 0.717) is 10.5 Å². The monoisotopic (exact) mass is 235 g/mol. The summed E-state index contributed by atoms with van der Waals surface area (Å²) in [5, 5.41) is 4.79. The molecule has 0 aliphatic carbocycles. The van der Waals surface area contributed by atoms with Gasteiger partial charge >= 0.3 is 5.69 Å². The highest BCUT2D eigenvalue weighted by Crippen LogP contribution is 2.24. The number of nitrogens with one attached hydrogen (secondary N) is 1. The minimum absolute atomic E-state index is 0.211. The number of anilines is 1. The molecule has 0 fully saturated rings. The molecule has 1 aromatic heterocycles. The van der Waals surface area contributed by atoms with Crippen molar-refractivity contribution in [3.63, 3.8) is 0 Å². The van der Waals surface area contributed by atoms with Gasteiger partial charge in [0, 0.05) is 23.5 Å². The zero-order valence-corrected chi connectivity index (χ0v) is 9.29. The van der Waals surface area contributed by atoms with Gasteiger partial charge in [-0.05, 0) is 24.6 Å². The minimum atomic E-state index is -0.211. The highest BCUT2D eigenvalue weighted by atomic mass is 35.5. The zero-order valence-electron chi connectivity index (χ0n) is 8.53. The molecule has 82 valence electrons. The predicted octanol–water partition coefficient (Wildman–Crippen LogP) is 1.87. The Balaban J connectivity index is 2.42. The summed E-state index contributed by atoms with van der Waals surface area (Å²) in [6.07, 6.45) is 0.952. The van der Waals surface area contributed by atoms with E-state index < -0.39 is 0 Å². The maximum Gasteiger partial charge on any atom is 0.349 e. The van der Waals surface area contributed by atoms with Crippen molar-refractivity contribution in [1.82, 2.24) is 9.55 Å². The number of halogens is 1. The van der Waals surface area contributed by atoms with E-state index in [9.17, 15) is 4.79 Å². The molecule has 0 atom stereocenters. The number of hydrogen-bond acceptors (Lipinski definition) is 3. The summed E-state index contributed by atoms with van der Waals surface area (Å²) in [5.74, 6) is 0.859. The first-order valence-corrected chi connectivity index (χ1v) is 5.57. The summed E-state index contributed by atoms with van der Waals surface area (Å²) in [7, 11) is 0. The Hall–Kier alpha value is -1.55. The first kappa shape index (κ1) is 9.66. The fourth-order valence-corrected chi connectivity index (χ4v) is 2.21. The fraction of sp³-hybridized carbons (Fsp3) is 0.273. The number of nitrogens with zero attached hydrogens (tertiary/aromatic N) is 2. The van der Waals surface area contributed by atoms with Gasteiger partial charge in [0.2, 0.25) is 0 Å². The van der Waals surface area contributed by atoms with E-state index in [2.05, 4.69) is 10.3 Å². The third-order valence-corrected chi connectivity index (χ3v) is 3.02. The number of aromatic nitrogens is 2. The van der Waals surface area contributed by atoms with Crippen LogP contribution in [0.15, 0.2) is 23.0 Å². The third kappa shape index (κ3) is 1.38. The van der Waals surface area contributed by atoms with Crippen molar-refractivity contribution >= 4 is 28.3 Å². The summed E-state index contributed by atoms with van der Waals surface area (Å²) in [4.78, 5) is 15.8. The molecule has 4 nitrogen and oxygen atoms in total. The van der Waals surface area contributed by atoms with Crippen molar-refractivity contribution in [3.8, 4) is 0 Å². The van der Waals surface area contributed by atoms with E-state index in [0.717, 1.165) is 30.7 Å². The van der Waals surface area contributed by atoms with Crippen LogP contribution in [-0.2, 0) is 6.54 Å². The van der Waals surface area contributed by atoms with Crippen molar-refractivity contribution in [1.29, 1.82) is 0 Å². The Morgan fingerprint density at radius 1 is 1.44 bits per heavy atom. The molecule has 0 saturated heterocycles. The summed E-state index contributed by atoms with van der Waals surface area (Å²) in [5.41, 5.74) is 0.440. The molecule has 16 heavy (non-hydrogen) atoms. The van der Waals surface area contributed by atoms with Crippen LogP contribution in [-0.4, -0.2) is 16.1 Å². The maximum atomic E-state index is 11.8. The topological polar surface area (TPSA) is 46.9 Å². The summed E-state index contributed by atoms with van der Waals surface area (Å²) < 4.78 is 1.68. The van der Waals surface area contributed by atoms with Crippen LogP contribution < -0.4 is 11.0 Å². The van der Waals surface area contributed by atoms with Crippen LogP contribution in [0.3, 0.4) is 0 Å². The lowest BCUT2D eigenvalue weighted by Gasteiger charge is -2.20. The molecule has 2 aromatic rings. The van der Waals surface area contributed by atoms with Gasteiger partial charge in [0.15, 0.2) is 0 Å². The van der Waals surface area contributed by atoms with E-state index in [-0.39, 0.29) is 5.69 Å². The van der Waals surface area contributed by atoms with Crippen LogP contribution in [0.1, 0.15) is 6.42 Å². The van der Waals surface area contributed by atoms with Crippen molar-refractivity contribution in [2.75, 3.05) is 11.9 Å². The summed E-state index contributed by atoms with van der Waals surface area (Å²) in [6, 6.07) is 5.43. The molecule has 0 amide bonds. The number of hydrogen-bond donors (Lipinski definition) is 1. The second-order valence-corrected chi connectivity index (χ2v) is 4.27. The Morgan fingerprint density at radius 3 is 3.19 bits per heavy atom. The molecular formula is C11H10ClN3O. The lowest BCUT2D eigenvalue weighted by atomic mass is 10.2. The van der Waals surface area contributed by atoms with Crippen LogP contribution >= 0.6 is 11.6 Å². The molecular weight excluding hydrogens is 226 g/mol. The molecule has 0 saturated carbocycles. The van der Waals surface area contributed by atoms with Gasteiger partial charge < -0.3 is 5.32 Å². The number of benzene rings is 1. The van der Waals surface area contributed by atoms with Crippen molar-refractivity contribution in [3.05, 3.63) is 33.7 Å². The van der Waals surface area contributed by atoms with E-state index in [1.54, 1.807) is 10.6 Å². The van der Waals surface area contributed by atoms with Crippen LogP contribution in [0, 0.1) is 0 Å². The normalized spacial score (nSPS) is 14.6. The van der Waals surface area contributed by atoms with E-state index in [1.165, 1.54) is 0 Å². The van der Waals surface area contributed by atoms with Crippen molar-refractivity contribution in [2.45, 2.75) is 13.0 Å². The summed E-state index contributed by atoms with van der Waals surface area (Å²) in [6.45, 7) is 1.62. The Morgan fingerprint density at radius 2 is 2.31 bits per heavy atom. The molecule has 1 N–H and O–H groups in total. The Bertz CT molecular complexity index is 620. The zero-order chi connectivity index (χ0) is 11.1. The quantitative estimate of drug-likeness (QED) is 0.758. The smallest absolute Gasteiger partial charge is 0.349 e. The average molecular weight is 236 g/mol. The van der Waals surface area contributed by atoms with Crippen LogP contribution in [0.4, 0.5) is 5.82 Å². The van der Waals surface area contributed by atoms with Gasteiger partial charge in [-0.15, -0.1) is 0 Å². The fourth-order valence-electron chi connectivity index (χ4n) is 2.04. The number of rotatable bonds is 0. The van der Waals surface area contributed by atoms with Gasteiger partial charge in [0.1, 0.15) is 5.82 Å². The average Bonchev–Trinajstić information content (AvgIpc) is 2.29. The van der Waals surface area contributed by atoms with Gasteiger partial charge in [-0.1, -0.05) is 11.6 Å². The third-order valence-electron chi connectivity index (χ3n) is 2.78. The molecule has 1 aromatic carbocycles. The second kappa shape index (κ2) is 3.49. The highest BCUT2D eigenvalue weighted by Gasteiger charge is 2.14. The van der Waals surface area contributed by atoms with Gasteiger partial charge in [-0.3, -0.25) is 4.57 Å². The largest absolute Gasteiger partial charge is 0.371 e. The highest BCUT2D eigenvalue weighted by molar-refractivity contribution is 6.31. The maximum absolute atomic E-state index is 11.8. The van der Waals surface area contributed by atoms with Crippen LogP contribution in [0.25, 0.3) is 10.9 Å². The molecule has 5 heteroatoms. The van der Waals surface area contributed by atoms with Crippen LogP contribution in [0.5, 0.6) is 0 Å². The standard InChI is InChI=1S/C11H10ClN3O/c12-7-2-3-8-9(6-7)14-11(16)15-5-1-4-13-10(8)15/h2-3,6,13H,1,4-5H2. The minimum Gasteiger partial charge on any atom is -0.371 e. The Kier molecular flexibility index (Phi) is 2.11. The Labute approximate surface area is 96.9 Å². The lowest BCUT2D eigenvalue weighted by Crippen LogP contribution is -2.30. The number of fused-ring (bicyclic) bond motifs is 3. The van der Waals surface area contributed by atoms with E-state index in [1.807, 2.05) is 12.1 Å². The van der Waals surface area contributed by atoms with Gasteiger partial charge in [0.25, 0.3) is 0 Å². The van der Waals surface area contributed by atoms with Crippen molar-refractivity contribution in [2.24, 2.45) is 0 Å². The van der Waals surface area contributed by atoms with E-state index >= 15 is 0 Å². The molecule has 0 bridgehead atoms. The first-order valence-electron chi connectivity index (χ1n) is 5.20. The lowest BCUT2D eigenvalue weighted by molar-refractivity contribution is 0.600. The SMILES string of the molecule is O=c1nc2cc(Cl)ccc2c2n1CCCN2. The van der Waals surface area contributed by atoms with Gasteiger partial charge in [-0.25, -0.2) is 4.79 Å². The van der Waals surface area contributed by atoms with E-state index in [4.69, 9.17) is 11.6 Å². The first-order chi connectivity index (χ1) is 7.75.